The second kappa shape index (κ2) is 6.52. The maximum Gasteiger partial charge on any atom is 0.159 e. The number of nitrogens with one attached hydrogen (secondary N) is 1. The third-order valence-electron chi connectivity index (χ3n) is 2.18. The fourth-order valence-corrected chi connectivity index (χ4v) is 1.28. The van der Waals surface area contributed by atoms with Crippen LogP contribution in [0.2, 0.25) is 0 Å². The first kappa shape index (κ1) is 13.0. The van der Waals surface area contributed by atoms with E-state index < -0.39 is 17.7 Å². The van der Waals surface area contributed by atoms with E-state index >= 15 is 0 Å². The molecule has 0 bridgehead atoms. The van der Waals surface area contributed by atoms with E-state index in [4.69, 9.17) is 5.11 Å². The van der Waals surface area contributed by atoms with E-state index in [1.54, 1.807) is 0 Å². The van der Waals surface area contributed by atoms with Crippen LogP contribution in [0.15, 0.2) is 18.2 Å². The highest BCUT2D eigenvalue weighted by Gasteiger charge is 2.10. The molecule has 0 aliphatic rings. The third kappa shape index (κ3) is 3.84. The van der Waals surface area contributed by atoms with Crippen molar-refractivity contribution in [1.29, 1.82) is 0 Å². The molecule has 0 radical (unpaired) electrons. The van der Waals surface area contributed by atoms with Gasteiger partial charge in [0.1, 0.15) is 0 Å². The smallest absolute Gasteiger partial charge is 0.159 e. The van der Waals surface area contributed by atoms with Crippen LogP contribution < -0.4 is 5.32 Å². The first-order valence-electron chi connectivity index (χ1n) is 5.09. The van der Waals surface area contributed by atoms with Gasteiger partial charge in [0.15, 0.2) is 11.6 Å². The second-order valence-electron chi connectivity index (χ2n) is 3.47. The molecular formula is C11H15F2NO2. The summed E-state index contributed by atoms with van der Waals surface area (Å²) in [6, 6.07) is 3.31. The monoisotopic (exact) mass is 231 g/mol. The number of benzene rings is 1. The largest absolute Gasteiger partial charge is 0.396 e. The Hall–Kier alpha value is -1.04. The van der Waals surface area contributed by atoms with Gasteiger partial charge in [-0.3, -0.25) is 0 Å². The first-order valence-corrected chi connectivity index (χ1v) is 5.09. The lowest BCUT2D eigenvalue weighted by Gasteiger charge is -2.12. The molecule has 0 saturated carbocycles. The Bertz CT molecular complexity index is 334. The van der Waals surface area contributed by atoms with Gasteiger partial charge >= 0.3 is 0 Å². The topological polar surface area (TPSA) is 52.5 Å². The number of aliphatic hydroxyl groups is 2. The highest BCUT2D eigenvalue weighted by molar-refractivity contribution is 5.20. The van der Waals surface area contributed by atoms with Crippen LogP contribution in [-0.2, 0) is 0 Å². The molecule has 3 nitrogen and oxygen atoms in total. The molecule has 1 aromatic rings. The van der Waals surface area contributed by atoms with Crippen LogP contribution in [0.25, 0.3) is 0 Å². The highest BCUT2D eigenvalue weighted by atomic mass is 19.2. The van der Waals surface area contributed by atoms with E-state index in [1.807, 2.05) is 0 Å². The molecule has 0 aromatic heterocycles. The molecule has 0 spiro atoms. The quantitative estimate of drug-likeness (QED) is 0.639. The SMILES string of the molecule is OCCCNCC(O)c1ccc(F)c(F)c1. The summed E-state index contributed by atoms with van der Waals surface area (Å²) in [5, 5.41) is 21.0. The van der Waals surface area contributed by atoms with Crippen molar-refractivity contribution >= 4 is 0 Å². The van der Waals surface area contributed by atoms with Crippen LogP contribution in [0.3, 0.4) is 0 Å². The van der Waals surface area contributed by atoms with Gasteiger partial charge in [0, 0.05) is 13.2 Å². The Morgan fingerprint density at radius 3 is 2.62 bits per heavy atom. The standard InChI is InChI=1S/C11H15F2NO2/c12-9-3-2-8(6-10(9)13)11(16)7-14-4-1-5-15/h2-3,6,11,14-16H,1,4-5,7H2. The summed E-state index contributed by atoms with van der Waals surface area (Å²) in [4.78, 5) is 0. The van der Waals surface area contributed by atoms with Crippen LogP contribution in [0.5, 0.6) is 0 Å². The lowest BCUT2D eigenvalue weighted by molar-refractivity contribution is 0.172. The summed E-state index contributed by atoms with van der Waals surface area (Å²) in [5.74, 6) is -1.89. The van der Waals surface area contributed by atoms with Gasteiger partial charge < -0.3 is 15.5 Å². The van der Waals surface area contributed by atoms with Crippen LogP contribution >= 0.6 is 0 Å². The van der Waals surface area contributed by atoms with Crippen LogP contribution in [0.1, 0.15) is 18.1 Å². The lowest BCUT2D eigenvalue weighted by Crippen LogP contribution is -2.23. The molecule has 1 aromatic carbocycles. The van der Waals surface area contributed by atoms with E-state index in [2.05, 4.69) is 5.32 Å². The summed E-state index contributed by atoms with van der Waals surface area (Å²) in [5.41, 5.74) is 0.329. The molecule has 90 valence electrons. The van der Waals surface area contributed by atoms with Gasteiger partial charge in [-0.1, -0.05) is 6.07 Å². The molecule has 0 heterocycles. The molecule has 5 heteroatoms. The molecule has 0 saturated heterocycles. The zero-order valence-electron chi connectivity index (χ0n) is 8.79. The van der Waals surface area contributed by atoms with Crippen molar-refractivity contribution in [2.75, 3.05) is 19.7 Å². The van der Waals surface area contributed by atoms with Crippen molar-refractivity contribution in [3.8, 4) is 0 Å². The Morgan fingerprint density at radius 1 is 1.25 bits per heavy atom. The van der Waals surface area contributed by atoms with Crippen molar-refractivity contribution in [3.05, 3.63) is 35.4 Å². The molecule has 1 rings (SSSR count). The second-order valence-corrected chi connectivity index (χ2v) is 3.47. The van der Waals surface area contributed by atoms with Gasteiger partial charge in [0.25, 0.3) is 0 Å². The number of halogens is 2. The van der Waals surface area contributed by atoms with Crippen LogP contribution in [-0.4, -0.2) is 29.9 Å². The van der Waals surface area contributed by atoms with E-state index in [9.17, 15) is 13.9 Å². The number of hydrogen-bond donors (Lipinski definition) is 3. The zero-order valence-corrected chi connectivity index (χ0v) is 8.79. The van der Waals surface area contributed by atoms with Gasteiger partial charge in [-0.25, -0.2) is 8.78 Å². The van der Waals surface area contributed by atoms with Crippen molar-refractivity contribution < 1.29 is 19.0 Å². The van der Waals surface area contributed by atoms with Crippen LogP contribution in [0, 0.1) is 11.6 Å². The minimum atomic E-state index is -0.966. The fourth-order valence-electron chi connectivity index (χ4n) is 1.28. The van der Waals surface area contributed by atoms with Crippen molar-refractivity contribution in [1.82, 2.24) is 5.32 Å². The number of aliphatic hydroxyl groups excluding tert-OH is 2. The highest BCUT2D eigenvalue weighted by Crippen LogP contribution is 2.15. The zero-order chi connectivity index (χ0) is 12.0. The van der Waals surface area contributed by atoms with Gasteiger partial charge in [0.2, 0.25) is 0 Å². The molecule has 3 N–H and O–H groups in total. The maximum absolute atomic E-state index is 12.8. The fraction of sp³-hybridized carbons (Fsp3) is 0.455. The normalized spacial score (nSPS) is 12.8. The van der Waals surface area contributed by atoms with E-state index in [1.165, 1.54) is 6.07 Å². The van der Waals surface area contributed by atoms with Crippen molar-refractivity contribution in [3.63, 3.8) is 0 Å². The van der Waals surface area contributed by atoms with Gasteiger partial charge in [-0.15, -0.1) is 0 Å². The summed E-state index contributed by atoms with van der Waals surface area (Å²) in [6.07, 6.45) is -0.293. The Kier molecular flexibility index (Phi) is 5.31. The first-order chi connectivity index (χ1) is 7.65. The van der Waals surface area contributed by atoms with Gasteiger partial charge in [-0.05, 0) is 30.7 Å². The average Bonchev–Trinajstić information content (AvgIpc) is 2.28. The molecule has 1 atom stereocenters. The average molecular weight is 231 g/mol. The summed E-state index contributed by atoms with van der Waals surface area (Å²) >= 11 is 0. The summed E-state index contributed by atoms with van der Waals surface area (Å²) < 4.78 is 25.5. The Morgan fingerprint density at radius 2 is 2.00 bits per heavy atom. The molecule has 1 unspecified atom stereocenters. The third-order valence-corrected chi connectivity index (χ3v) is 2.18. The summed E-state index contributed by atoms with van der Waals surface area (Å²) in [6.45, 7) is 0.885. The molecule has 0 aliphatic carbocycles. The van der Waals surface area contributed by atoms with Crippen molar-refractivity contribution in [2.24, 2.45) is 0 Å². The van der Waals surface area contributed by atoms with Gasteiger partial charge in [0.05, 0.1) is 6.10 Å². The molecule has 0 fully saturated rings. The van der Waals surface area contributed by atoms with Crippen molar-refractivity contribution in [2.45, 2.75) is 12.5 Å². The van der Waals surface area contributed by atoms with Crippen LogP contribution in [0.4, 0.5) is 8.78 Å². The lowest BCUT2D eigenvalue weighted by atomic mass is 10.1. The number of hydrogen-bond acceptors (Lipinski definition) is 3. The molecular weight excluding hydrogens is 216 g/mol. The number of rotatable bonds is 6. The van der Waals surface area contributed by atoms with Gasteiger partial charge in [-0.2, -0.15) is 0 Å². The summed E-state index contributed by atoms with van der Waals surface area (Å²) in [7, 11) is 0. The van der Waals surface area contributed by atoms with E-state index in [0.29, 0.717) is 18.5 Å². The minimum Gasteiger partial charge on any atom is -0.396 e. The predicted octanol–water partition coefficient (Wildman–Crippen LogP) is 0.970. The van der Waals surface area contributed by atoms with E-state index in [0.717, 1.165) is 12.1 Å². The van der Waals surface area contributed by atoms with E-state index in [-0.39, 0.29) is 13.2 Å². The molecule has 0 aliphatic heterocycles. The molecule has 0 amide bonds. The Labute approximate surface area is 92.7 Å². The predicted molar refractivity (Wildman–Crippen MR) is 55.9 cm³/mol. The maximum atomic E-state index is 12.8. The minimum absolute atomic E-state index is 0.0777. The Balaban J connectivity index is 2.46. The molecule has 16 heavy (non-hydrogen) atoms.